The number of fused-ring (bicyclic) bond motifs is 10. The minimum Gasteiger partial charge on any atom is -0.310 e. The average Bonchev–Trinajstić information content (AvgIpc) is 1.68. The van der Waals surface area contributed by atoms with E-state index >= 15 is 0 Å². The zero-order chi connectivity index (χ0) is 58.1. The van der Waals surface area contributed by atoms with Gasteiger partial charge in [-0.1, -0.05) is 164 Å². The summed E-state index contributed by atoms with van der Waals surface area (Å²) in [6, 6.07) is 117. The molecule has 8 heteroatoms. The molecule has 0 atom stereocenters. The Balaban J connectivity index is 0.909. The first-order valence-electron chi connectivity index (χ1n) is 29.8. The van der Waals surface area contributed by atoms with Crippen molar-refractivity contribution in [1.82, 2.24) is 23.9 Å². The Hall–Kier alpha value is -12.0. The monoisotopic (exact) mass is 1130 g/mol. The number of hydrogen-bond acceptors (Lipinski definition) is 5. The second kappa shape index (κ2) is 21.0. The van der Waals surface area contributed by atoms with Gasteiger partial charge in [-0.15, -0.1) is 10.2 Å². The summed E-state index contributed by atoms with van der Waals surface area (Å²) in [5.41, 5.74) is 17.0. The number of para-hydroxylation sites is 9. The van der Waals surface area contributed by atoms with E-state index in [-0.39, 0.29) is 0 Å². The normalized spacial score (nSPS) is 11.6. The van der Waals surface area contributed by atoms with Crippen LogP contribution in [0.25, 0.3) is 93.5 Å². The van der Waals surface area contributed by atoms with E-state index in [1.165, 1.54) is 0 Å². The molecule has 4 heterocycles. The van der Waals surface area contributed by atoms with Gasteiger partial charge < -0.3 is 19.3 Å². The highest BCUT2D eigenvalue weighted by atomic mass is 15.3. The van der Waals surface area contributed by atoms with Crippen molar-refractivity contribution in [2.45, 2.75) is 0 Å². The Morgan fingerprint density at radius 3 is 0.795 bits per heavy atom. The second-order valence-corrected chi connectivity index (χ2v) is 22.3. The van der Waals surface area contributed by atoms with Crippen molar-refractivity contribution in [3.8, 4) is 17.3 Å². The number of hydrogen-bond donors (Lipinski definition) is 0. The molecular formula is C80H54N8. The molecule has 0 radical (unpaired) electrons. The quantitative estimate of drug-likeness (QED) is 0.122. The molecule has 0 amide bonds. The first-order valence-corrected chi connectivity index (χ1v) is 29.8. The molecule has 0 fully saturated rings. The van der Waals surface area contributed by atoms with Gasteiger partial charge in [-0.25, -0.2) is 0 Å². The lowest BCUT2D eigenvalue weighted by Crippen LogP contribution is -2.10. The van der Waals surface area contributed by atoms with E-state index in [9.17, 15) is 0 Å². The van der Waals surface area contributed by atoms with Crippen molar-refractivity contribution in [1.29, 1.82) is 0 Å². The van der Waals surface area contributed by atoms with Crippen molar-refractivity contribution in [2.24, 2.45) is 0 Å². The first-order chi connectivity index (χ1) is 43.7. The van der Waals surface area contributed by atoms with Crippen LogP contribution < -0.4 is 14.7 Å². The highest BCUT2D eigenvalue weighted by Gasteiger charge is 2.25. The summed E-state index contributed by atoms with van der Waals surface area (Å²) in [7, 11) is 0. The van der Waals surface area contributed by atoms with E-state index in [0.29, 0.717) is 0 Å². The molecule has 4 aromatic heterocycles. The largest absolute Gasteiger partial charge is 0.310 e. The van der Waals surface area contributed by atoms with Crippen LogP contribution in [-0.2, 0) is 0 Å². The summed E-state index contributed by atoms with van der Waals surface area (Å²) in [5.74, 6) is 1.47. The molecule has 0 aliphatic carbocycles. The minimum absolute atomic E-state index is 0.733. The molecule has 0 bridgehead atoms. The summed E-state index contributed by atoms with van der Waals surface area (Å²) < 4.78 is 7.06. The fourth-order valence-corrected chi connectivity index (χ4v) is 13.4. The van der Waals surface area contributed by atoms with Gasteiger partial charge in [0.15, 0.2) is 11.6 Å². The lowest BCUT2D eigenvalue weighted by atomic mass is 10.1. The molecule has 13 aromatic carbocycles. The van der Waals surface area contributed by atoms with Crippen LogP contribution in [0, 0.1) is 0 Å². The SMILES string of the molecule is c1ccc(N(c2ccccc2)c2ccc3c(c2)c2ccccc2n3-c2ccc3c(-n4c5ccccc5c5cc(N(c6ccccc6)c6ccccc6)ccc54)nnc(-n4c5ccccc5c5cc(N(c6ccccc6)c6ccccc6)ccc54)c3c2)cc1. The second-order valence-electron chi connectivity index (χ2n) is 22.3. The van der Waals surface area contributed by atoms with Crippen LogP contribution >= 0.6 is 0 Å². The van der Waals surface area contributed by atoms with Gasteiger partial charge in [0.05, 0.1) is 33.1 Å². The molecular weight excluding hydrogens is 1070 g/mol. The van der Waals surface area contributed by atoms with Crippen LogP contribution in [0.2, 0.25) is 0 Å². The van der Waals surface area contributed by atoms with Gasteiger partial charge in [-0.05, 0) is 164 Å². The van der Waals surface area contributed by atoms with E-state index in [4.69, 9.17) is 10.2 Å². The fraction of sp³-hybridized carbons (Fsp3) is 0. The van der Waals surface area contributed by atoms with Gasteiger partial charge in [0.25, 0.3) is 0 Å². The molecule has 0 saturated heterocycles. The van der Waals surface area contributed by atoms with Crippen LogP contribution in [0.3, 0.4) is 0 Å². The maximum Gasteiger partial charge on any atom is 0.168 e. The molecule has 0 aliphatic rings. The maximum absolute atomic E-state index is 5.49. The number of anilines is 9. The highest BCUT2D eigenvalue weighted by Crippen LogP contribution is 2.45. The molecule has 414 valence electrons. The van der Waals surface area contributed by atoms with Crippen molar-refractivity contribution in [3.63, 3.8) is 0 Å². The summed E-state index contributed by atoms with van der Waals surface area (Å²) in [4.78, 5) is 6.99. The molecule has 17 aromatic rings. The Morgan fingerprint density at radius 2 is 0.455 bits per heavy atom. The number of benzene rings is 13. The lowest BCUT2D eigenvalue weighted by molar-refractivity contribution is 0.929. The van der Waals surface area contributed by atoms with Crippen LogP contribution in [0.1, 0.15) is 0 Å². The van der Waals surface area contributed by atoms with E-state index in [1.54, 1.807) is 0 Å². The van der Waals surface area contributed by atoms with Crippen molar-refractivity contribution in [2.75, 3.05) is 14.7 Å². The first kappa shape index (κ1) is 50.5. The van der Waals surface area contributed by atoms with E-state index in [2.05, 4.69) is 356 Å². The molecule has 88 heavy (non-hydrogen) atoms. The Kier molecular flexibility index (Phi) is 12.0. The van der Waals surface area contributed by atoms with Crippen LogP contribution in [0.5, 0.6) is 0 Å². The Bertz CT molecular complexity index is 5330. The Morgan fingerprint density at radius 1 is 0.182 bits per heavy atom. The topological polar surface area (TPSA) is 50.3 Å². The zero-order valence-electron chi connectivity index (χ0n) is 47.8. The number of rotatable bonds is 12. The van der Waals surface area contributed by atoms with Crippen LogP contribution in [0.15, 0.2) is 328 Å². The summed E-state index contributed by atoms with van der Waals surface area (Å²) in [6.45, 7) is 0. The summed E-state index contributed by atoms with van der Waals surface area (Å²) in [6.07, 6.45) is 0. The lowest BCUT2D eigenvalue weighted by Gasteiger charge is -2.25. The van der Waals surface area contributed by atoms with Crippen molar-refractivity contribution >= 4 is 127 Å². The van der Waals surface area contributed by atoms with Crippen molar-refractivity contribution < 1.29 is 0 Å². The number of aromatic nitrogens is 5. The number of nitrogens with zero attached hydrogens (tertiary/aromatic N) is 8. The third-order valence-electron chi connectivity index (χ3n) is 17.2. The van der Waals surface area contributed by atoms with Gasteiger partial charge in [-0.2, -0.15) is 0 Å². The van der Waals surface area contributed by atoms with Gasteiger partial charge in [0, 0.05) is 100.0 Å². The summed E-state index contributed by atoms with van der Waals surface area (Å²) in [5, 5.41) is 19.6. The van der Waals surface area contributed by atoms with Gasteiger partial charge in [0.1, 0.15) is 0 Å². The van der Waals surface area contributed by atoms with Crippen LogP contribution in [-0.4, -0.2) is 23.9 Å². The van der Waals surface area contributed by atoms with Gasteiger partial charge in [-0.3, -0.25) is 9.13 Å². The van der Waals surface area contributed by atoms with Gasteiger partial charge >= 0.3 is 0 Å². The Labute approximate surface area is 508 Å². The third kappa shape index (κ3) is 8.30. The fourth-order valence-electron chi connectivity index (χ4n) is 13.4. The highest BCUT2D eigenvalue weighted by molar-refractivity contribution is 6.15. The minimum atomic E-state index is 0.733. The third-order valence-corrected chi connectivity index (χ3v) is 17.2. The smallest absolute Gasteiger partial charge is 0.168 e. The van der Waals surface area contributed by atoms with E-state index < -0.39 is 0 Å². The van der Waals surface area contributed by atoms with Crippen molar-refractivity contribution in [3.05, 3.63) is 328 Å². The average molecular weight is 1130 g/mol. The van der Waals surface area contributed by atoms with E-state index in [0.717, 1.165) is 145 Å². The zero-order valence-corrected chi connectivity index (χ0v) is 47.8. The molecule has 0 spiro atoms. The molecule has 0 aliphatic heterocycles. The molecule has 0 unspecified atom stereocenters. The standard InChI is InChI=1S/C80H54N8/c1-7-25-55(26-8-1)83(56-27-9-2-10-28-56)61-44-48-76-69(51-61)65-37-19-22-40-73(65)86(76)64-43-47-68-72(54-64)80(88-75-42-24-21-39-67(75)71-53-63(46-50-78(71)88)85(59-33-15-5-16-34-59)60-35-17-6-18-36-60)82-81-79(68)87-74-41-23-20-38-66(74)70-52-62(45-49-77(70)87)84(57-29-11-3-12-30-57)58-31-13-4-14-32-58/h1-54H. The molecule has 8 nitrogen and oxygen atoms in total. The predicted octanol–water partition coefficient (Wildman–Crippen LogP) is 21.3. The maximum atomic E-state index is 5.49. The molecule has 17 rings (SSSR count). The molecule has 0 saturated carbocycles. The van der Waals surface area contributed by atoms with Gasteiger partial charge in [0.2, 0.25) is 0 Å². The molecule has 0 N–H and O–H groups in total. The van der Waals surface area contributed by atoms with Crippen LogP contribution in [0.4, 0.5) is 51.2 Å². The summed E-state index contributed by atoms with van der Waals surface area (Å²) >= 11 is 0. The predicted molar refractivity (Wildman–Crippen MR) is 367 cm³/mol. The van der Waals surface area contributed by atoms with E-state index in [1.807, 2.05) is 0 Å².